The van der Waals surface area contributed by atoms with Crippen LogP contribution < -0.4 is 11.1 Å². The van der Waals surface area contributed by atoms with Crippen LogP contribution in [0.4, 0.5) is 0 Å². The molecule has 3 N–H and O–H groups in total. The molecule has 1 saturated heterocycles. The van der Waals surface area contributed by atoms with E-state index >= 15 is 0 Å². The molecule has 0 bridgehead atoms. The zero-order chi connectivity index (χ0) is 13.0. The van der Waals surface area contributed by atoms with Crippen LogP contribution in [-0.4, -0.2) is 24.7 Å². The van der Waals surface area contributed by atoms with E-state index in [0.717, 1.165) is 5.56 Å². The minimum Gasteiger partial charge on any atom is -0.381 e. The van der Waals surface area contributed by atoms with Gasteiger partial charge in [0.05, 0.1) is 5.54 Å². The topological polar surface area (TPSA) is 64.4 Å². The van der Waals surface area contributed by atoms with Crippen LogP contribution in [0.25, 0.3) is 0 Å². The lowest BCUT2D eigenvalue weighted by atomic mass is 9.90. The van der Waals surface area contributed by atoms with Crippen molar-refractivity contribution in [2.75, 3.05) is 13.2 Å². The summed E-state index contributed by atoms with van der Waals surface area (Å²) in [5, 5.41) is 2.93. The Labute approximate surface area is 108 Å². The van der Waals surface area contributed by atoms with Gasteiger partial charge in [-0.15, -0.1) is 0 Å². The molecule has 1 aliphatic heterocycles. The average Bonchev–Trinajstić information content (AvgIpc) is 2.38. The summed E-state index contributed by atoms with van der Waals surface area (Å²) in [5.41, 5.74) is 7.65. The number of aryl methyl sites for hydroxylation is 1. The third kappa shape index (κ3) is 2.89. The lowest BCUT2D eigenvalue weighted by Gasteiger charge is -2.31. The van der Waals surface area contributed by atoms with Crippen molar-refractivity contribution in [1.29, 1.82) is 0 Å². The van der Waals surface area contributed by atoms with Crippen LogP contribution in [0.2, 0.25) is 0 Å². The van der Waals surface area contributed by atoms with Gasteiger partial charge in [-0.05, 0) is 30.9 Å². The number of carbonyl (C=O) groups excluding carboxylic acids is 1. The molecule has 0 atom stereocenters. The lowest BCUT2D eigenvalue weighted by molar-refractivity contribution is -0.129. The number of amides is 1. The molecule has 1 heterocycles. The Morgan fingerprint density at radius 1 is 1.39 bits per heavy atom. The fraction of sp³-hybridized carbons (Fsp3) is 0.500. The molecule has 0 radical (unpaired) electrons. The molecular weight excluding hydrogens is 228 g/mol. The largest absolute Gasteiger partial charge is 0.381 e. The van der Waals surface area contributed by atoms with Gasteiger partial charge in [0.15, 0.2) is 0 Å². The molecule has 0 saturated carbocycles. The van der Waals surface area contributed by atoms with E-state index in [9.17, 15) is 4.79 Å². The van der Waals surface area contributed by atoms with Crippen LogP contribution in [0.5, 0.6) is 0 Å². The molecule has 0 aromatic heterocycles. The third-order valence-corrected chi connectivity index (χ3v) is 3.54. The normalized spacial score (nSPS) is 18.3. The highest BCUT2D eigenvalue weighted by Gasteiger charge is 2.35. The SMILES string of the molecule is Cc1ccccc1CNC(=O)C1(N)CCOCC1. The van der Waals surface area contributed by atoms with E-state index in [1.165, 1.54) is 5.56 Å². The number of hydrogen-bond acceptors (Lipinski definition) is 3. The van der Waals surface area contributed by atoms with Crippen molar-refractivity contribution in [1.82, 2.24) is 5.32 Å². The smallest absolute Gasteiger partial charge is 0.240 e. The van der Waals surface area contributed by atoms with Crippen molar-refractivity contribution in [3.63, 3.8) is 0 Å². The van der Waals surface area contributed by atoms with E-state index in [1.54, 1.807) is 0 Å². The maximum absolute atomic E-state index is 12.1. The molecule has 0 unspecified atom stereocenters. The average molecular weight is 248 g/mol. The summed E-state index contributed by atoms with van der Waals surface area (Å²) in [4.78, 5) is 12.1. The summed E-state index contributed by atoms with van der Waals surface area (Å²) in [6.45, 7) is 3.70. The Hall–Kier alpha value is -1.39. The van der Waals surface area contributed by atoms with Crippen LogP contribution in [0.1, 0.15) is 24.0 Å². The monoisotopic (exact) mass is 248 g/mol. The van der Waals surface area contributed by atoms with Gasteiger partial charge in [0, 0.05) is 19.8 Å². The van der Waals surface area contributed by atoms with Crippen LogP contribution in [0.3, 0.4) is 0 Å². The van der Waals surface area contributed by atoms with E-state index in [0.29, 0.717) is 32.6 Å². The summed E-state index contributed by atoms with van der Waals surface area (Å²) < 4.78 is 5.24. The predicted molar refractivity (Wildman–Crippen MR) is 70.0 cm³/mol. The van der Waals surface area contributed by atoms with Gasteiger partial charge < -0.3 is 15.8 Å². The van der Waals surface area contributed by atoms with E-state index in [1.807, 2.05) is 31.2 Å². The first kappa shape index (κ1) is 13.1. The molecule has 0 spiro atoms. The van der Waals surface area contributed by atoms with Gasteiger partial charge in [0.2, 0.25) is 5.91 Å². The van der Waals surface area contributed by atoms with Crippen LogP contribution >= 0.6 is 0 Å². The van der Waals surface area contributed by atoms with E-state index in [2.05, 4.69) is 5.32 Å². The summed E-state index contributed by atoms with van der Waals surface area (Å²) in [7, 11) is 0. The van der Waals surface area contributed by atoms with Gasteiger partial charge in [-0.1, -0.05) is 24.3 Å². The number of rotatable bonds is 3. The number of nitrogens with two attached hydrogens (primary N) is 1. The second-order valence-electron chi connectivity index (χ2n) is 4.88. The number of hydrogen-bond donors (Lipinski definition) is 2. The summed E-state index contributed by atoms with van der Waals surface area (Å²) in [6.07, 6.45) is 1.18. The zero-order valence-corrected chi connectivity index (χ0v) is 10.7. The van der Waals surface area contributed by atoms with E-state index in [4.69, 9.17) is 10.5 Å². The number of nitrogens with one attached hydrogen (secondary N) is 1. The highest BCUT2D eigenvalue weighted by atomic mass is 16.5. The van der Waals surface area contributed by atoms with Gasteiger partial charge in [-0.3, -0.25) is 4.79 Å². The number of benzene rings is 1. The van der Waals surface area contributed by atoms with Gasteiger partial charge in [0.25, 0.3) is 0 Å². The Balaban J connectivity index is 1.94. The first-order valence-corrected chi connectivity index (χ1v) is 6.31. The maximum atomic E-state index is 12.1. The molecule has 4 heteroatoms. The molecule has 1 amide bonds. The Kier molecular flexibility index (Phi) is 3.99. The first-order chi connectivity index (χ1) is 8.62. The molecule has 0 aliphatic carbocycles. The minimum absolute atomic E-state index is 0.0750. The van der Waals surface area contributed by atoms with E-state index < -0.39 is 5.54 Å². The van der Waals surface area contributed by atoms with Crippen molar-refractivity contribution >= 4 is 5.91 Å². The van der Waals surface area contributed by atoms with Gasteiger partial charge >= 0.3 is 0 Å². The van der Waals surface area contributed by atoms with Crippen molar-refractivity contribution in [3.8, 4) is 0 Å². The summed E-state index contributed by atoms with van der Waals surface area (Å²) in [6, 6.07) is 8.02. The van der Waals surface area contributed by atoms with Crippen molar-refractivity contribution < 1.29 is 9.53 Å². The second kappa shape index (κ2) is 5.50. The third-order valence-electron chi connectivity index (χ3n) is 3.54. The molecular formula is C14H20N2O2. The first-order valence-electron chi connectivity index (χ1n) is 6.31. The number of carbonyl (C=O) groups is 1. The fourth-order valence-corrected chi connectivity index (χ4v) is 2.12. The fourth-order valence-electron chi connectivity index (χ4n) is 2.12. The van der Waals surface area contributed by atoms with Crippen molar-refractivity contribution in [3.05, 3.63) is 35.4 Å². The molecule has 1 aromatic rings. The molecule has 1 aliphatic rings. The van der Waals surface area contributed by atoms with Crippen molar-refractivity contribution in [2.45, 2.75) is 31.8 Å². The highest BCUT2D eigenvalue weighted by molar-refractivity contribution is 5.86. The lowest BCUT2D eigenvalue weighted by Crippen LogP contribution is -2.56. The van der Waals surface area contributed by atoms with Crippen LogP contribution in [-0.2, 0) is 16.1 Å². The van der Waals surface area contributed by atoms with Crippen molar-refractivity contribution in [2.24, 2.45) is 5.73 Å². The highest BCUT2D eigenvalue weighted by Crippen LogP contribution is 2.18. The second-order valence-corrected chi connectivity index (χ2v) is 4.88. The minimum atomic E-state index is -0.763. The summed E-state index contributed by atoms with van der Waals surface area (Å²) >= 11 is 0. The van der Waals surface area contributed by atoms with Crippen LogP contribution in [0.15, 0.2) is 24.3 Å². The standard InChI is InChI=1S/C14H20N2O2/c1-11-4-2-3-5-12(11)10-16-13(17)14(15)6-8-18-9-7-14/h2-5H,6-10,15H2,1H3,(H,16,17). The molecule has 1 aromatic carbocycles. The summed E-state index contributed by atoms with van der Waals surface area (Å²) in [5.74, 6) is -0.0750. The predicted octanol–water partition coefficient (Wildman–Crippen LogP) is 1.12. The molecule has 18 heavy (non-hydrogen) atoms. The Morgan fingerprint density at radius 2 is 2.06 bits per heavy atom. The van der Waals surface area contributed by atoms with Gasteiger partial charge in [-0.25, -0.2) is 0 Å². The molecule has 2 rings (SSSR count). The molecule has 1 fully saturated rings. The van der Waals surface area contributed by atoms with Crippen LogP contribution in [0, 0.1) is 6.92 Å². The quantitative estimate of drug-likeness (QED) is 0.842. The van der Waals surface area contributed by atoms with Gasteiger partial charge in [-0.2, -0.15) is 0 Å². The number of ether oxygens (including phenoxy) is 1. The van der Waals surface area contributed by atoms with E-state index in [-0.39, 0.29) is 5.91 Å². The van der Waals surface area contributed by atoms with Gasteiger partial charge in [0.1, 0.15) is 0 Å². The zero-order valence-electron chi connectivity index (χ0n) is 10.7. The molecule has 98 valence electrons. The Morgan fingerprint density at radius 3 is 2.72 bits per heavy atom. The maximum Gasteiger partial charge on any atom is 0.240 e. The Bertz CT molecular complexity index is 426. The molecule has 4 nitrogen and oxygen atoms in total.